The van der Waals surface area contributed by atoms with Crippen molar-refractivity contribution in [1.29, 1.82) is 0 Å². The first kappa shape index (κ1) is 20.4. The highest BCUT2D eigenvalue weighted by Gasteiger charge is 2.11. The lowest BCUT2D eigenvalue weighted by molar-refractivity contribution is -0.123. The predicted molar refractivity (Wildman–Crippen MR) is 122 cm³/mol. The summed E-state index contributed by atoms with van der Waals surface area (Å²) in [6.07, 6.45) is 0. The zero-order valence-corrected chi connectivity index (χ0v) is 17.6. The van der Waals surface area contributed by atoms with E-state index in [-0.39, 0.29) is 12.5 Å². The van der Waals surface area contributed by atoms with Gasteiger partial charge in [-0.1, -0.05) is 60.2 Å². The molecule has 0 bridgehead atoms. The first-order valence-electron chi connectivity index (χ1n) is 10.1. The van der Waals surface area contributed by atoms with Crippen molar-refractivity contribution in [3.05, 3.63) is 90.0 Å². The van der Waals surface area contributed by atoms with E-state index in [1.807, 2.05) is 66.7 Å². The number of fused-ring (bicyclic) bond motifs is 1. The van der Waals surface area contributed by atoms with Gasteiger partial charge in [-0.25, -0.2) is 4.98 Å². The number of pyridine rings is 1. The fourth-order valence-electron chi connectivity index (χ4n) is 3.37. The van der Waals surface area contributed by atoms with Crippen LogP contribution in [0.3, 0.4) is 0 Å². The average Bonchev–Trinajstić information content (AvgIpc) is 2.81. The number of amides is 1. The molecule has 1 N–H and O–H groups in total. The van der Waals surface area contributed by atoms with Crippen LogP contribution in [0.4, 0.5) is 0 Å². The van der Waals surface area contributed by atoms with E-state index in [0.29, 0.717) is 12.3 Å². The van der Waals surface area contributed by atoms with E-state index < -0.39 is 0 Å². The number of hydrogen-bond donors (Lipinski definition) is 1. The number of aromatic nitrogens is 1. The molecule has 1 aromatic heterocycles. The minimum atomic E-state index is -0.205. The summed E-state index contributed by atoms with van der Waals surface area (Å²) in [5.74, 6) is 1.17. The second-order valence-electron chi connectivity index (χ2n) is 7.27. The number of para-hydroxylation sites is 2. The van der Waals surface area contributed by atoms with Crippen LogP contribution in [-0.4, -0.2) is 24.6 Å². The number of methoxy groups -OCH3 is 1. The predicted octanol–water partition coefficient (Wildman–Crippen LogP) is 4.91. The van der Waals surface area contributed by atoms with Gasteiger partial charge in [0.1, 0.15) is 11.5 Å². The van der Waals surface area contributed by atoms with Crippen LogP contribution in [0.5, 0.6) is 11.5 Å². The Balaban J connectivity index is 1.51. The molecule has 156 valence electrons. The van der Waals surface area contributed by atoms with Crippen LogP contribution in [0.25, 0.3) is 22.2 Å². The number of carbonyl (C=O) groups is 1. The summed E-state index contributed by atoms with van der Waals surface area (Å²) in [5.41, 5.74) is 4.73. The molecule has 5 heteroatoms. The lowest BCUT2D eigenvalue weighted by Gasteiger charge is -2.13. The normalized spacial score (nSPS) is 10.6. The van der Waals surface area contributed by atoms with E-state index in [1.54, 1.807) is 7.11 Å². The minimum absolute atomic E-state index is 0.0868. The van der Waals surface area contributed by atoms with E-state index >= 15 is 0 Å². The fourth-order valence-corrected chi connectivity index (χ4v) is 3.37. The summed E-state index contributed by atoms with van der Waals surface area (Å²) in [7, 11) is 1.62. The second-order valence-corrected chi connectivity index (χ2v) is 7.27. The Kier molecular flexibility index (Phi) is 6.13. The first-order chi connectivity index (χ1) is 15.1. The standard InChI is InChI=1S/C26H24N2O3/c1-18-11-13-19(14-12-18)23-15-25(21-8-4-5-9-22(21)28-23)31-17-26(29)27-16-20-7-3-6-10-24(20)30-2/h3-15H,16-17H2,1-2H3,(H,27,29). The van der Waals surface area contributed by atoms with Crippen molar-refractivity contribution in [2.45, 2.75) is 13.5 Å². The van der Waals surface area contributed by atoms with Crippen molar-refractivity contribution in [2.24, 2.45) is 0 Å². The van der Waals surface area contributed by atoms with Gasteiger partial charge in [0, 0.05) is 29.1 Å². The molecule has 1 amide bonds. The van der Waals surface area contributed by atoms with Gasteiger partial charge in [-0.15, -0.1) is 0 Å². The molecule has 4 aromatic rings. The fraction of sp³-hybridized carbons (Fsp3) is 0.154. The number of benzene rings is 3. The average molecular weight is 412 g/mol. The molecule has 31 heavy (non-hydrogen) atoms. The van der Waals surface area contributed by atoms with Gasteiger partial charge in [-0.2, -0.15) is 0 Å². The molecule has 5 nitrogen and oxygen atoms in total. The van der Waals surface area contributed by atoms with Gasteiger partial charge in [-0.05, 0) is 25.1 Å². The highest BCUT2D eigenvalue weighted by atomic mass is 16.5. The lowest BCUT2D eigenvalue weighted by Crippen LogP contribution is -2.28. The molecule has 0 radical (unpaired) electrons. The SMILES string of the molecule is COc1ccccc1CNC(=O)COc1cc(-c2ccc(C)cc2)nc2ccccc12. The van der Waals surface area contributed by atoms with Crippen LogP contribution in [0.1, 0.15) is 11.1 Å². The second kappa shape index (κ2) is 9.30. The number of hydrogen-bond acceptors (Lipinski definition) is 4. The number of nitrogens with one attached hydrogen (secondary N) is 1. The topological polar surface area (TPSA) is 60.5 Å². The molecule has 0 saturated heterocycles. The van der Waals surface area contributed by atoms with Crippen molar-refractivity contribution < 1.29 is 14.3 Å². The third kappa shape index (κ3) is 4.83. The van der Waals surface area contributed by atoms with Crippen LogP contribution in [-0.2, 0) is 11.3 Å². The van der Waals surface area contributed by atoms with Gasteiger partial charge in [0.2, 0.25) is 0 Å². The zero-order chi connectivity index (χ0) is 21.6. The van der Waals surface area contributed by atoms with E-state index in [9.17, 15) is 4.79 Å². The Labute approximate surface area is 181 Å². The van der Waals surface area contributed by atoms with Crippen LogP contribution in [0.15, 0.2) is 78.9 Å². The number of aryl methyl sites for hydroxylation is 1. The third-order valence-electron chi connectivity index (χ3n) is 5.05. The highest BCUT2D eigenvalue weighted by molar-refractivity contribution is 5.88. The molecule has 0 unspecified atom stereocenters. The van der Waals surface area contributed by atoms with Crippen LogP contribution in [0.2, 0.25) is 0 Å². The van der Waals surface area contributed by atoms with Gasteiger partial charge in [0.25, 0.3) is 5.91 Å². The number of nitrogens with zero attached hydrogens (tertiary/aromatic N) is 1. The highest BCUT2D eigenvalue weighted by Crippen LogP contribution is 2.30. The lowest BCUT2D eigenvalue weighted by atomic mass is 10.1. The first-order valence-corrected chi connectivity index (χ1v) is 10.1. The summed E-state index contributed by atoms with van der Waals surface area (Å²) >= 11 is 0. The third-order valence-corrected chi connectivity index (χ3v) is 5.05. The largest absolute Gasteiger partial charge is 0.496 e. The summed E-state index contributed by atoms with van der Waals surface area (Å²) in [6.45, 7) is 2.34. The Morgan fingerprint density at radius 2 is 1.68 bits per heavy atom. The smallest absolute Gasteiger partial charge is 0.258 e. The van der Waals surface area contributed by atoms with Crippen LogP contribution < -0.4 is 14.8 Å². The Bertz CT molecular complexity index is 1200. The summed E-state index contributed by atoms with van der Waals surface area (Å²) < 4.78 is 11.3. The Hall–Kier alpha value is -3.86. The van der Waals surface area contributed by atoms with Crippen LogP contribution >= 0.6 is 0 Å². The van der Waals surface area contributed by atoms with Crippen molar-refractivity contribution in [1.82, 2.24) is 10.3 Å². The van der Waals surface area contributed by atoms with Gasteiger partial charge in [0.05, 0.1) is 18.3 Å². The number of carbonyl (C=O) groups excluding carboxylic acids is 1. The monoisotopic (exact) mass is 412 g/mol. The maximum Gasteiger partial charge on any atom is 0.258 e. The van der Waals surface area contributed by atoms with E-state index in [0.717, 1.165) is 33.5 Å². The van der Waals surface area contributed by atoms with Crippen molar-refractivity contribution in [3.63, 3.8) is 0 Å². The molecule has 0 aliphatic rings. The van der Waals surface area contributed by atoms with Crippen molar-refractivity contribution >= 4 is 16.8 Å². The molecular weight excluding hydrogens is 388 g/mol. The molecule has 1 heterocycles. The van der Waals surface area contributed by atoms with E-state index in [2.05, 4.69) is 24.4 Å². The molecule has 0 spiro atoms. The quantitative estimate of drug-likeness (QED) is 0.468. The Morgan fingerprint density at radius 3 is 2.48 bits per heavy atom. The number of rotatable bonds is 7. The molecule has 0 fully saturated rings. The van der Waals surface area contributed by atoms with Crippen molar-refractivity contribution in [3.8, 4) is 22.8 Å². The van der Waals surface area contributed by atoms with Gasteiger partial charge in [0.15, 0.2) is 6.61 Å². The molecule has 0 aliphatic carbocycles. The van der Waals surface area contributed by atoms with E-state index in [4.69, 9.17) is 14.5 Å². The molecule has 4 rings (SSSR count). The molecule has 0 aliphatic heterocycles. The van der Waals surface area contributed by atoms with Crippen molar-refractivity contribution in [2.75, 3.05) is 13.7 Å². The Morgan fingerprint density at radius 1 is 0.935 bits per heavy atom. The summed E-state index contributed by atoms with van der Waals surface area (Å²) in [6, 6.07) is 25.4. The summed E-state index contributed by atoms with van der Waals surface area (Å²) in [5, 5.41) is 3.76. The summed E-state index contributed by atoms with van der Waals surface area (Å²) in [4.78, 5) is 17.2. The van der Waals surface area contributed by atoms with Gasteiger partial charge >= 0.3 is 0 Å². The minimum Gasteiger partial charge on any atom is -0.496 e. The zero-order valence-electron chi connectivity index (χ0n) is 17.6. The molecular formula is C26H24N2O3. The molecule has 0 atom stereocenters. The number of ether oxygens (including phenoxy) is 2. The maximum absolute atomic E-state index is 12.4. The van der Waals surface area contributed by atoms with E-state index in [1.165, 1.54) is 5.56 Å². The van der Waals surface area contributed by atoms with Crippen LogP contribution in [0, 0.1) is 6.92 Å². The molecule has 0 saturated carbocycles. The van der Waals surface area contributed by atoms with Gasteiger partial charge < -0.3 is 14.8 Å². The maximum atomic E-state index is 12.4. The molecule has 3 aromatic carbocycles. The van der Waals surface area contributed by atoms with Gasteiger partial charge in [-0.3, -0.25) is 4.79 Å².